The van der Waals surface area contributed by atoms with Gasteiger partial charge in [0.25, 0.3) is 0 Å². The zero-order valence-corrected chi connectivity index (χ0v) is 19.4. The number of hydrogen-bond acceptors (Lipinski definition) is 4. The maximum absolute atomic E-state index is 11.7. The zero-order chi connectivity index (χ0) is 20.1. The van der Waals surface area contributed by atoms with Crippen molar-refractivity contribution in [2.75, 3.05) is 20.8 Å². The van der Waals surface area contributed by atoms with Crippen molar-refractivity contribution in [1.29, 1.82) is 0 Å². The van der Waals surface area contributed by atoms with Crippen LogP contribution in [-0.4, -0.2) is 20.8 Å². The maximum Gasteiger partial charge on any atom is 0.474 e. The summed E-state index contributed by atoms with van der Waals surface area (Å²) in [5.74, 6) is 0. The van der Waals surface area contributed by atoms with Crippen LogP contribution < -0.4 is 0 Å². The molecular weight excluding hydrogens is 359 g/mol. The van der Waals surface area contributed by atoms with Gasteiger partial charge in [-0.25, -0.2) is 4.57 Å². The van der Waals surface area contributed by atoms with E-state index in [4.69, 9.17) is 13.6 Å². The Bertz CT molecular complexity index is 328. The molecule has 0 aliphatic rings. The summed E-state index contributed by atoms with van der Waals surface area (Å²) in [6, 6.07) is 0. The molecule has 4 nitrogen and oxygen atoms in total. The highest BCUT2D eigenvalue weighted by molar-refractivity contribution is 7.48. The Kier molecular flexibility index (Phi) is 20.9. The van der Waals surface area contributed by atoms with E-state index in [1.807, 2.05) is 0 Å². The third-order valence-corrected chi connectivity index (χ3v) is 6.59. The fourth-order valence-corrected chi connectivity index (χ4v) is 4.07. The van der Waals surface area contributed by atoms with Crippen molar-refractivity contribution in [3.63, 3.8) is 0 Å². The highest BCUT2D eigenvalue weighted by atomic mass is 31.2. The molecule has 0 aliphatic carbocycles. The monoisotopic (exact) mass is 406 g/mol. The van der Waals surface area contributed by atoms with E-state index in [1.165, 1.54) is 117 Å². The maximum atomic E-state index is 11.7. The highest BCUT2D eigenvalue weighted by Crippen LogP contribution is 2.47. The third kappa shape index (κ3) is 19.2. The summed E-state index contributed by atoms with van der Waals surface area (Å²) in [4.78, 5) is 0. The van der Waals surface area contributed by atoms with E-state index in [1.54, 1.807) is 0 Å². The van der Waals surface area contributed by atoms with Gasteiger partial charge in [-0.05, 0) is 6.42 Å². The van der Waals surface area contributed by atoms with Gasteiger partial charge in [0.2, 0.25) is 0 Å². The lowest BCUT2D eigenvalue weighted by Crippen LogP contribution is -1.97. The van der Waals surface area contributed by atoms with Crippen LogP contribution in [-0.2, 0) is 18.1 Å². The second-order valence-corrected chi connectivity index (χ2v) is 9.54. The molecule has 0 heterocycles. The van der Waals surface area contributed by atoms with Crippen LogP contribution in [0, 0.1) is 0 Å². The van der Waals surface area contributed by atoms with Crippen molar-refractivity contribution < 1.29 is 18.1 Å². The van der Waals surface area contributed by atoms with E-state index in [2.05, 4.69) is 6.92 Å². The first-order chi connectivity index (χ1) is 13.2. The largest absolute Gasteiger partial charge is 0.474 e. The summed E-state index contributed by atoms with van der Waals surface area (Å²) in [6.45, 7) is 2.72. The first-order valence-electron chi connectivity index (χ1n) is 11.5. The summed E-state index contributed by atoms with van der Waals surface area (Å²) in [7, 11) is -0.580. The first-order valence-corrected chi connectivity index (χ1v) is 13.0. The fraction of sp³-hybridized carbons (Fsp3) is 1.00. The predicted octanol–water partition coefficient (Wildman–Crippen LogP) is 8.45. The van der Waals surface area contributed by atoms with Gasteiger partial charge in [0.15, 0.2) is 0 Å². The molecule has 0 fully saturated rings. The van der Waals surface area contributed by atoms with E-state index < -0.39 is 7.82 Å². The molecule has 0 amide bonds. The smallest absolute Gasteiger partial charge is 0.290 e. The molecule has 5 heteroatoms. The second-order valence-electron chi connectivity index (χ2n) is 7.66. The Morgan fingerprint density at radius 3 is 1.11 bits per heavy atom. The van der Waals surface area contributed by atoms with Crippen molar-refractivity contribution >= 4 is 7.82 Å². The van der Waals surface area contributed by atoms with Gasteiger partial charge >= 0.3 is 7.82 Å². The Labute approximate surface area is 169 Å². The minimum atomic E-state index is -3.27. The Balaban J connectivity index is 3.12. The van der Waals surface area contributed by atoms with Crippen LogP contribution in [0.3, 0.4) is 0 Å². The molecule has 0 N–H and O–H groups in total. The van der Waals surface area contributed by atoms with Crippen molar-refractivity contribution in [3.05, 3.63) is 0 Å². The van der Waals surface area contributed by atoms with Crippen molar-refractivity contribution in [2.45, 2.75) is 122 Å². The number of phosphoric acid groups is 1. The van der Waals surface area contributed by atoms with Gasteiger partial charge < -0.3 is 0 Å². The molecule has 0 aliphatic heterocycles. The van der Waals surface area contributed by atoms with Crippen LogP contribution in [0.15, 0.2) is 0 Å². The Morgan fingerprint density at radius 1 is 0.519 bits per heavy atom. The van der Waals surface area contributed by atoms with Crippen LogP contribution in [0.2, 0.25) is 0 Å². The van der Waals surface area contributed by atoms with Gasteiger partial charge in [0.05, 0.1) is 6.61 Å². The van der Waals surface area contributed by atoms with Gasteiger partial charge in [-0.15, -0.1) is 0 Å². The minimum Gasteiger partial charge on any atom is -0.290 e. The van der Waals surface area contributed by atoms with Crippen molar-refractivity contribution in [3.8, 4) is 0 Å². The third-order valence-electron chi connectivity index (χ3n) is 5.19. The Hall–Kier alpha value is 0.110. The lowest BCUT2D eigenvalue weighted by molar-refractivity contribution is 0.150. The summed E-state index contributed by atoms with van der Waals surface area (Å²) in [5.41, 5.74) is 0. The lowest BCUT2D eigenvalue weighted by Gasteiger charge is -2.12. The normalized spacial score (nSPS) is 12.0. The van der Waals surface area contributed by atoms with Crippen LogP contribution in [0.25, 0.3) is 0 Å². The molecule has 0 aromatic carbocycles. The van der Waals surface area contributed by atoms with Gasteiger partial charge in [0.1, 0.15) is 0 Å². The predicted molar refractivity (Wildman–Crippen MR) is 116 cm³/mol. The van der Waals surface area contributed by atoms with Gasteiger partial charge in [0, 0.05) is 14.2 Å². The SMILES string of the molecule is CCCCCCCCCCCCCCCCCCCCOP(=O)(OC)OC. The average Bonchev–Trinajstić information content (AvgIpc) is 2.69. The number of hydrogen-bond donors (Lipinski definition) is 0. The quantitative estimate of drug-likeness (QED) is 0.134. The number of rotatable bonds is 22. The molecule has 0 saturated heterocycles. The molecule has 0 bridgehead atoms. The molecule has 27 heavy (non-hydrogen) atoms. The summed E-state index contributed by atoms with van der Waals surface area (Å²) >= 11 is 0. The first kappa shape index (κ1) is 27.1. The minimum absolute atomic E-state index is 0.442. The second kappa shape index (κ2) is 20.8. The molecule has 164 valence electrons. The number of unbranched alkanes of at least 4 members (excludes halogenated alkanes) is 17. The zero-order valence-electron chi connectivity index (χ0n) is 18.5. The van der Waals surface area contributed by atoms with Crippen molar-refractivity contribution in [2.24, 2.45) is 0 Å². The topological polar surface area (TPSA) is 44.8 Å². The van der Waals surface area contributed by atoms with Gasteiger partial charge in [-0.2, -0.15) is 0 Å². The average molecular weight is 407 g/mol. The van der Waals surface area contributed by atoms with Crippen LogP contribution in [0.1, 0.15) is 122 Å². The van der Waals surface area contributed by atoms with Crippen molar-refractivity contribution in [1.82, 2.24) is 0 Å². The summed E-state index contributed by atoms with van der Waals surface area (Å²) < 4.78 is 26.3. The van der Waals surface area contributed by atoms with Crippen LogP contribution >= 0.6 is 7.82 Å². The van der Waals surface area contributed by atoms with E-state index in [-0.39, 0.29) is 0 Å². The van der Waals surface area contributed by atoms with Crippen LogP contribution in [0.4, 0.5) is 0 Å². The van der Waals surface area contributed by atoms with E-state index in [9.17, 15) is 4.57 Å². The fourth-order valence-electron chi connectivity index (χ4n) is 3.36. The molecule has 0 radical (unpaired) electrons. The number of phosphoric ester groups is 1. The van der Waals surface area contributed by atoms with Gasteiger partial charge in [-0.3, -0.25) is 13.6 Å². The highest BCUT2D eigenvalue weighted by Gasteiger charge is 2.21. The summed E-state index contributed by atoms with van der Waals surface area (Å²) in [6.07, 6.45) is 24.4. The standard InChI is InChI=1S/C22H47O4P/c1-4-5-6-7-8-9-10-11-12-13-14-15-16-17-18-19-20-21-22-26-27(23,24-2)25-3/h4-22H2,1-3H3. The van der Waals surface area contributed by atoms with E-state index >= 15 is 0 Å². The van der Waals surface area contributed by atoms with Crippen LogP contribution in [0.5, 0.6) is 0 Å². The molecule has 0 atom stereocenters. The molecule has 0 saturated carbocycles. The lowest BCUT2D eigenvalue weighted by atomic mass is 10.0. The molecular formula is C22H47O4P. The molecule has 0 aromatic rings. The molecule has 0 rings (SSSR count). The van der Waals surface area contributed by atoms with E-state index in [0.29, 0.717) is 6.61 Å². The summed E-state index contributed by atoms with van der Waals surface area (Å²) in [5, 5.41) is 0. The molecule has 0 aromatic heterocycles. The molecule has 0 unspecified atom stereocenters. The van der Waals surface area contributed by atoms with E-state index in [0.717, 1.165) is 12.8 Å². The Morgan fingerprint density at radius 2 is 0.815 bits per heavy atom. The molecule has 0 spiro atoms. The van der Waals surface area contributed by atoms with Gasteiger partial charge in [-0.1, -0.05) is 116 Å².